The Morgan fingerprint density at radius 3 is 2.83 bits per heavy atom. The first kappa shape index (κ1) is 13.6. The lowest BCUT2D eigenvalue weighted by molar-refractivity contribution is -0.121. The third-order valence-electron chi connectivity index (χ3n) is 4.20. The summed E-state index contributed by atoms with van der Waals surface area (Å²) in [5, 5.41) is 3.14. The second kappa shape index (κ2) is 6.93. The average Bonchev–Trinajstić information content (AvgIpc) is 2.99. The van der Waals surface area contributed by atoms with Crippen LogP contribution in [0.15, 0.2) is 12.7 Å². The normalized spacial score (nSPS) is 25.4. The molecule has 1 N–H and O–H groups in total. The van der Waals surface area contributed by atoms with Crippen LogP contribution >= 0.6 is 0 Å². The molecule has 3 heteroatoms. The van der Waals surface area contributed by atoms with Crippen molar-refractivity contribution in [3.05, 3.63) is 12.7 Å². The van der Waals surface area contributed by atoms with Crippen LogP contribution in [0.25, 0.3) is 0 Å². The van der Waals surface area contributed by atoms with Crippen molar-refractivity contribution < 1.29 is 4.79 Å². The predicted octanol–water partition coefficient (Wildman–Crippen LogP) is 2.33. The van der Waals surface area contributed by atoms with E-state index >= 15 is 0 Å². The maximum Gasteiger partial charge on any atom is 0.220 e. The molecule has 3 nitrogen and oxygen atoms in total. The molecule has 2 fully saturated rings. The van der Waals surface area contributed by atoms with Gasteiger partial charge in [-0.1, -0.05) is 18.9 Å². The monoisotopic (exact) mass is 250 g/mol. The fraction of sp³-hybridized carbons (Fsp3) is 0.800. The predicted molar refractivity (Wildman–Crippen MR) is 74.4 cm³/mol. The van der Waals surface area contributed by atoms with Crippen LogP contribution in [0.2, 0.25) is 0 Å². The Kier molecular flexibility index (Phi) is 5.24. The highest BCUT2D eigenvalue weighted by atomic mass is 16.1. The highest BCUT2D eigenvalue weighted by molar-refractivity contribution is 5.76. The fourth-order valence-corrected chi connectivity index (χ4v) is 3.21. The molecule has 1 saturated heterocycles. The molecule has 2 aliphatic rings. The summed E-state index contributed by atoms with van der Waals surface area (Å²) in [5.74, 6) is 1.10. The summed E-state index contributed by atoms with van der Waals surface area (Å²) in [5.41, 5.74) is 0. The molecule has 0 aromatic heterocycles. The Balaban J connectivity index is 1.64. The second-order valence-corrected chi connectivity index (χ2v) is 5.79. The number of hydrogen-bond donors (Lipinski definition) is 1. The molecule has 102 valence electrons. The summed E-state index contributed by atoms with van der Waals surface area (Å²) in [6.07, 6.45) is 9.94. The number of allylic oxidation sites excluding steroid dienone is 1. The van der Waals surface area contributed by atoms with Crippen LogP contribution in [-0.2, 0) is 4.79 Å². The van der Waals surface area contributed by atoms with Gasteiger partial charge in [0.15, 0.2) is 0 Å². The van der Waals surface area contributed by atoms with Crippen molar-refractivity contribution in [1.82, 2.24) is 10.2 Å². The van der Waals surface area contributed by atoms with E-state index in [1.54, 1.807) is 6.08 Å². The molecule has 0 radical (unpaired) electrons. The first-order valence-corrected chi connectivity index (χ1v) is 7.40. The molecule has 1 aliphatic carbocycles. The van der Waals surface area contributed by atoms with Crippen LogP contribution < -0.4 is 5.32 Å². The fourth-order valence-electron chi connectivity index (χ4n) is 3.21. The average molecular weight is 250 g/mol. The Morgan fingerprint density at radius 2 is 2.11 bits per heavy atom. The van der Waals surface area contributed by atoms with Gasteiger partial charge in [-0.3, -0.25) is 4.79 Å². The van der Waals surface area contributed by atoms with E-state index in [0.717, 1.165) is 31.8 Å². The zero-order valence-corrected chi connectivity index (χ0v) is 11.4. The van der Waals surface area contributed by atoms with Gasteiger partial charge in [0.1, 0.15) is 0 Å². The van der Waals surface area contributed by atoms with Crippen molar-refractivity contribution in [2.75, 3.05) is 19.6 Å². The largest absolute Gasteiger partial charge is 0.352 e. The van der Waals surface area contributed by atoms with Crippen molar-refractivity contribution >= 4 is 5.91 Å². The van der Waals surface area contributed by atoms with E-state index in [4.69, 9.17) is 0 Å². The van der Waals surface area contributed by atoms with Crippen LogP contribution in [0.5, 0.6) is 0 Å². The Labute approximate surface area is 111 Å². The molecule has 2 rings (SSSR count). The number of rotatable bonds is 6. The number of amides is 1. The van der Waals surface area contributed by atoms with Gasteiger partial charge in [-0.2, -0.15) is 0 Å². The molecule has 0 aromatic carbocycles. The van der Waals surface area contributed by atoms with Crippen LogP contribution in [-0.4, -0.2) is 36.5 Å². The van der Waals surface area contributed by atoms with E-state index in [9.17, 15) is 4.79 Å². The number of hydrogen-bond acceptors (Lipinski definition) is 2. The van der Waals surface area contributed by atoms with Crippen LogP contribution in [0, 0.1) is 5.92 Å². The smallest absolute Gasteiger partial charge is 0.220 e. The minimum Gasteiger partial charge on any atom is -0.352 e. The lowest BCUT2D eigenvalue weighted by atomic mass is 10.1. The summed E-state index contributed by atoms with van der Waals surface area (Å²) >= 11 is 0. The quantitative estimate of drug-likeness (QED) is 0.734. The molecule has 0 spiro atoms. The van der Waals surface area contributed by atoms with Crippen LogP contribution in [0.1, 0.15) is 44.9 Å². The molecule has 0 aromatic rings. The highest BCUT2D eigenvalue weighted by Crippen LogP contribution is 2.26. The summed E-state index contributed by atoms with van der Waals surface area (Å²) < 4.78 is 0. The van der Waals surface area contributed by atoms with Gasteiger partial charge in [0.05, 0.1) is 0 Å². The van der Waals surface area contributed by atoms with Gasteiger partial charge in [-0.15, -0.1) is 6.58 Å². The van der Waals surface area contributed by atoms with Crippen molar-refractivity contribution in [3.8, 4) is 0 Å². The molecule has 0 bridgehead atoms. The van der Waals surface area contributed by atoms with Crippen molar-refractivity contribution in [2.24, 2.45) is 5.92 Å². The summed E-state index contributed by atoms with van der Waals surface area (Å²) in [4.78, 5) is 14.2. The Hall–Kier alpha value is -0.830. The second-order valence-electron chi connectivity index (χ2n) is 5.79. The Morgan fingerprint density at radius 1 is 1.33 bits per heavy atom. The molecule has 1 aliphatic heterocycles. The third-order valence-corrected chi connectivity index (χ3v) is 4.20. The SMILES string of the molecule is C=CCCC(=O)N[C@H]1CCN(CC2CCCC2)C1. The van der Waals surface area contributed by atoms with E-state index in [0.29, 0.717) is 12.5 Å². The maximum absolute atomic E-state index is 11.6. The van der Waals surface area contributed by atoms with Crippen molar-refractivity contribution in [1.29, 1.82) is 0 Å². The zero-order valence-electron chi connectivity index (χ0n) is 11.4. The number of likely N-dealkylation sites (tertiary alicyclic amines) is 1. The number of nitrogens with one attached hydrogen (secondary N) is 1. The first-order valence-electron chi connectivity index (χ1n) is 7.40. The van der Waals surface area contributed by atoms with Gasteiger partial charge in [0.25, 0.3) is 0 Å². The van der Waals surface area contributed by atoms with Crippen LogP contribution in [0.3, 0.4) is 0 Å². The van der Waals surface area contributed by atoms with Gasteiger partial charge < -0.3 is 10.2 Å². The maximum atomic E-state index is 11.6. The minimum absolute atomic E-state index is 0.183. The van der Waals surface area contributed by atoms with E-state index in [-0.39, 0.29) is 5.91 Å². The summed E-state index contributed by atoms with van der Waals surface area (Å²) in [7, 11) is 0. The van der Waals surface area contributed by atoms with E-state index in [1.807, 2.05) is 0 Å². The molecule has 18 heavy (non-hydrogen) atoms. The highest BCUT2D eigenvalue weighted by Gasteiger charge is 2.26. The number of carbonyl (C=O) groups is 1. The lowest BCUT2D eigenvalue weighted by Crippen LogP contribution is -2.37. The molecule has 1 saturated carbocycles. The minimum atomic E-state index is 0.183. The van der Waals surface area contributed by atoms with Crippen molar-refractivity contribution in [2.45, 2.75) is 51.0 Å². The molecular weight excluding hydrogens is 224 g/mol. The topological polar surface area (TPSA) is 32.3 Å². The van der Waals surface area contributed by atoms with Gasteiger partial charge in [-0.25, -0.2) is 0 Å². The van der Waals surface area contributed by atoms with E-state index < -0.39 is 0 Å². The third kappa shape index (κ3) is 4.13. The number of carbonyl (C=O) groups excluding carboxylic acids is 1. The summed E-state index contributed by atoms with van der Waals surface area (Å²) in [6.45, 7) is 7.10. The molecular formula is C15H26N2O. The van der Waals surface area contributed by atoms with E-state index in [1.165, 1.54) is 32.2 Å². The number of nitrogens with zero attached hydrogens (tertiary/aromatic N) is 1. The molecule has 1 amide bonds. The van der Waals surface area contributed by atoms with Crippen molar-refractivity contribution in [3.63, 3.8) is 0 Å². The molecule has 1 heterocycles. The molecule has 1 atom stereocenters. The zero-order chi connectivity index (χ0) is 12.8. The molecule has 0 unspecified atom stereocenters. The standard InChI is InChI=1S/C15H26N2O/c1-2-3-8-15(18)16-14-9-10-17(12-14)11-13-6-4-5-7-13/h2,13-14H,1,3-12H2,(H,16,18)/t14-/m0/s1. The van der Waals surface area contributed by atoms with Gasteiger partial charge in [0, 0.05) is 32.1 Å². The Bertz CT molecular complexity index is 284. The lowest BCUT2D eigenvalue weighted by Gasteiger charge is -2.20. The van der Waals surface area contributed by atoms with Gasteiger partial charge in [-0.05, 0) is 31.6 Å². The first-order chi connectivity index (χ1) is 8.78. The van der Waals surface area contributed by atoms with Gasteiger partial charge in [0.2, 0.25) is 5.91 Å². The summed E-state index contributed by atoms with van der Waals surface area (Å²) in [6, 6.07) is 0.378. The van der Waals surface area contributed by atoms with Crippen LogP contribution in [0.4, 0.5) is 0 Å². The van der Waals surface area contributed by atoms with E-state index in [2.05, 4.69) is 16.8 Å². The van der Waals surface area contributed by atoms with Gasteiger partial charge >= 0.3 is 0 Å².